The number of carbonyl (C=O) groups excluding carboxylic acids is 2. The van der Waals surface area contributed by atoms with Crippen molar-refractivity contribution in [1.82, 2.24) is 0 Å². The third-order valence-electron chi connectivity index (χ3n) is 4.90. The van der Waals surface area contributed by atoms with Crippen LogP contribution < -0.4 is 23.7 Å². The number of esters is 1. The largest absolute Gasteiger partial charge is 0.497 e. The maximum atomic E-state index is 12.8. The van der Waals surface area contributed by atoms with Crippen molar-refractivity contribution < 1.29 is 33.3 Å². The number of ketones is 1. The Kier molecular flexibility index (Phi) is 5.81. The van der Waals surface area contributed by atoms with E-state index in [1.54, 1.807) is 67.8 Å². The van der Waals surface area contributed by atoms with Gasteiger partial charge in [-0.25, -0.2) is 4.79 Å². The van der Waals surface area contributed by atoms with Crippen LogP contribution in [0.1, 0.15) is 26.3 Å². The fourth-order valence-electron chi connectivity index (χ4n) is 3.29. The highest BCUT2D eigenvalue weighted by atomic mass is 16.5. The Hall–Kier alpha value is -4.26. The summed E-state index contributed by atoms with van der Waals surface area (Å²) in [6.45, 7) is 0. The molecule has 32 heavy (non-hydrogen) atoms. The number of para-hydroxylation sites is 1. The lowest BCUT2D eigenvalue weighted by Crippen LogP contribution is -2.08. The summed E-state index contributed by atoms with van der Waals surface area (Å²) in [6, 6.07) is 16.5. The predicted octanol–water partition coefficient (Wildman–Crippen LogP) is 4.55. The first kappa shape index (κ1) is 21.0. The molecular formula is C25H20O7. The molecule has 7 heteroatoms. The molecule has 0 fully saturated rings. The molecule has 0 N–H and O–H groups in total. The summed E-state index contributed by atoms with van der Waals surface area (Å²) in [6.07, 6.45) is 1.59. The topological polar surface area (TPSA) is 80.3 Å². The van der Waals surface area contributed by atoms with Crippen molar-refractivity contribution in [3.8, 4) is 28.7 Å². The summed E-state index contributed by atoms with van der Waals surface area (Å²) in [7, 11) is 4.61. The highest BCUT2D eigenvalue weighted by molar-refractivity contribution is 6.14. The smallest absolute Gasteiger partial charge is 0.343 e. The Morgan fingerprint density at radius 1 is 0.875 bits per heavy atom. The first-order valence-corrected chi connectivity index (χ1v) is 9.69. The fraction of sp³-hybridized carbons (Fsp3) is 0.120. The minimum absolute atomic E-state index is 0.130. The predicted molar refractivity (Wildman–Crippen MR) is 117 cm³/mol. The molecule has 0 amide bonds. The van der Waals surface area contributed by atoms with Crippen LogP contribution in [0.4, 0.5) is 0 Å². The summed E-state index contributed by atoms with van der Waals surface area (Å²) in [4.78, 5) is 25.2. The zero-order chi connectivity index (χ0) is 22.7. The second-order valence-electron chi connectivity index (χ2n) is 6.80. The van der Waals surface area contributed by atoms with E-state index in [-0.39, 0.29) is 17.3 Å². The first-order valence-electron chi connectivity index (χ1n) is 9.69. The van der Waals surface area contributed by atoms with Gasteiger partial charge in [0.05, 0.1) is 32.5 Å². The van der Waals surface area contributed by atoms with E-state index in [4.69, 9.17) is 23.7 Å². The van der Waals surface area contributed by atoms with Crippen LogP contribution in [0, 0.1) is 0 Å². The molecule has 3 aromatic rings. The van der Waals surface area contributed by atoms with Crippen molar-refractivity contribution >= 4 is 17.8 Å². The molecule has 0 bridgehead atoms. The summed E-state index contributed by atoms with van der Waals surface area (Å²) in [5, 5.41) is 0. The lowest BCUT2D eigenvalue weighted by molar-refractivity contribution is 0.0734. The number of benzene rings is 3. The summed E-state index contributed by atoms with van der Waals surface area (Å²) < 4.78 is 27.0. The van der Waals surface area contributed by atoms with Gasteiger partial charge < -0.3 is 23.7 Å². The van der Waals surface area contributed by atoms with Crippen LogP contribution in [-0.4, -0.2) is 33.1 Å². The average Bonchev–Trinajstić information content (AvgIpc) is 3.13. The van der Waals surface area contributed by atoms with Gasteiger partial charge in [-0.15, -0.1) is 0 Å². The van der Waals surface area contributed by atoms with E-state index in [2.05, 4.69) is 0 Å². The Balaban J connectivity index is 1.56. The van der Waals surface area contributed by atoms with Crippen molar-refractivity contribution in [2.24, 2.45) is 0 Å². The van der Waals surface area contributed by atoms with Crippen LogP contribution in [0.5, 0.6) is 28.7 Å². The zero-order valence-electron chi connectivity index (χ0n) is 17.7. The number of Topliss-reactive ketones (excluding diaryl/α,β-unsaturated/α-hetero) is 1. The van der Waals surface area contributed by atoms with Crippen molar-refractivity contribution in [2.75, 3.05) is 21.3 Å². The van der Waals surface area contributed by atoms with Crippen molar-refractivity contribution in [3.63, 3.8) is 0 Å². The van der Waals surface area contributed by atoms with Gasteiger partial charge in [0.15, 0.2) is 17.3 Å². The number of allylic oxidation sites excluding steroid dienone is 1. The van der Waals surface area contributed by atoms with Gasteiger partial charge in [0.25, 0.3) is 0 Å². The lowest BCUT2D eigenvalue weighted by atomic mass is 10.1. The molecule has 0 radical (unpaired) electrons. The molecule has 0 aromatic heterocycles. The van der Waals surface area contributed by atoms with E-state index in [1.165, 1.54) is 20.3 Å². The Bertz CT molecular complexity index is 1210. The van der Waals surface area contributed by atoms with Gasteiger partial charge in [-0.2, -0.15) is 0 Å². The molecule has 0 unspecified atom stereocenters. The first-order chi connectivity index (χ1) is 15.5. The molecule has 1 aliphatic rings. The standard InChI is InChI=1S/C25H20O7/c1-28-17-9-7-15(8-10-17)25(27)31-18-11-12-19-21(14-18)32-22(23(19)26)13-16-5-4-6-20(29-2)24(16)30-3/h4-14H,1-3H3. The lowest BCUT2D eigenvalue weighted by Gasteiger charge is -2.10. The number of methoxy groups -OCH3 is 3. The number of ether oxygens (including phenoxy) is 5. The third-order valence-corrected chi connectivity index (χ3v) is 4.90. The van der Waals surface area contributed by atoms with Gasteiger partial charge in [0.2, 0.25) is 5.78 Å². The van der Waals surface area contributed by atoms with Crippen LogP contribution >= 0.6 is 0 Å². The van der Waals surface area contributed by atoms with E-state index in [0.717, 1.165) is 0 Å². The van der Waals surface area contributed by atoms with Gasteiger partial charge in [-0.1, -0.05) is 12.1 Å². The Morgan fingerprint density at radius 3 is 2.31 bits per heavy atom. The number of rotatable bonds is 6. The molecule has 0 spiro atoms. The molecule has 1 aliphatic heterocycles. The van der Waals surface area contributed by atoms with Gasteiger partial charge in [-0.05, 0) is 48.5 Å². The summed E-state index contributed by atoms with van der Waals surface area (Å²) >= 11 is 0. The van der Waals surface area contributed by atoms with Crippen LogP contribution in [-0.2, 0) is 0 Å². The van der Waals surface area contributed by atoms with E-state index >= 15 is 0 Å². The number of fused-ring (bicyclic) bond motifs is 1. The second-order valence-corrected chi connectivity index (χ2v) is 6.80. The van der Waals surface area contributed by atoms with Crippen molar-refractivity contribution in [2.45, 2.75) is 0 Å². The zero-order valence-corrected chi connectivity index (χ0v) is 17.7. The van der Waals surface area contributed by atoms with E-state index < -0.39 is 5.97 Å². The fourth-order valence-corrected chi connectivity index (χ4v) is 3.29. The van der Waals surface area contributed by atoms with E-state index in [1.807, 2.05) is 0 Å². The molecule has 0 saturated heterocycles. The molecule has 0 aliphatic carbocycles. The Labute approximate surface area is 184 Å². The van der Waals surface area contributed by atoms with E-state index in [9.17, 15) is 9.59 Å². The number of hydrogen-bond acceptors (Lipinski definition) is 7. The Morgan fingerprint density at radius 2 is 1.62 bits per heavy atom. The molecule has 162 valence electrons. The summed E-state index contributed by atoms with van der Waals surface area (Å²) in [5.41, 5.74) is 1.38. The number of carbonyl (C=O) groups is 2. The SMILES string of the molecule is COc1ccc(C(=O)Oc2ccc3c(c2)OC(=Cc2cccc(OC)c2OC)C3=O)cc1. The average molecular weight is 432 g/mol. The normalized spacial score (nSPS) is 13.3. The number of hydrogen-bond donors (Lipinski definition) is 0. The molecule has 1 heterocycles. The minimum Gasteiger partial charge on any atom is -0.497 e. The molecule has 0 saturated carbocycles. The van der Waals surface area contributed by atoms with Crippen molar-refractivity contribution in [1.29, 1.82) is 0 Å². The van der Waals surface area contributed by atoms with Gasteiger partial charge in [0, 0.05) is 11.6 Å². The monoisotopic (exact) mass is 432 g/mol. The van der Waals surface area contributed by atoms with Crippen LogP contribution in [0.25, 0.3) is 6.08 Å². The van der Waals surface area contributed by atoms with Crippen molar-refractivity contribution in [3.05, 3.63) is 83.1 Å². The highest BCUT2D eigenvalue weighted by Crippen LogP contribution is 2.37. The molecule has 0 atom stereocenters. The highest BCUT2D eigenvalue weighted by Gasteiger charge is 2.28. The molecule has 7 nitrogen and oxygen atoms in total. The summed E-state index contributed by atoms with van der Waals surface area (Å²) in [5.74, 6) is 1.55. The minimum atomic E-state index is -0.534. The maximum Gasteiger partial charge on any atom is 0.343 e. The second kappa shape index (κ2) is 8.85. The van der Waals surface area contributed by atoms with Gasteiger partial charge in [-0.3, -0.25) is 4.79 Å². The van der Waals surface area contributed by atoms with E-state index in [0.29, 0.717) is 39.7 Å². The van der Waals surface area contributed by atoms with Crippen LogP contribution in [0.15, 0.2) is 66.4 Å². The molecule has 3 aromatic carbocycles. The quantitative estimate of drug-likeness (QED) is 0.321. The van der Waals surface area contributed by atoms with Gasteiger partial charge >= 0.3 is 5.97 Å². The molecular weight excluding hydrogens is 412 g/mol. The van der Waals surface area contributed by atoms with Crippen LogP contribution in [0.2, 0.25) is 0 Å². The third kappa shape index (κ3) is 4.00. The maximum absolute atomic E-state index is 12.8. The molecule has 4 rings (SSSR count). The van der Waals surface area contributed by atoms with Crippen LogP contribution in [0.3, 0.4) is 0 Å². The van der Waals surface area contributed by atoms with Gasteiger partial charge in [0.1, 0.15) is 17.2 Å².